The summed E-state index contributed by atoms with van der Waals surface area (Å²) < 4.78 is 0. The van der Waals surface area contributed by atoms with Gasteiger partial charge in [-0.05, 0) is 76.1 Å². The lowest BCUT2D eigenvalue weighted by Crippen LogP contribution is -2.42. The van der Waals surface area contributed by atoms with Crippen molar-refractivity contribution in [2.24, 2.45) is 0 Å². The number of likely N-dealkylation sites (tertiary alicyclic amines) is 2. The Balaban J connectivity index is 0.000000195. The highest BCUT2D eigenvalue weighted by Crippen LogP contribution is 2.30. The minimum absolute atomic E-state index is 0.610. The first-order valence-corrected chi connectivity index (χ1v) is 12.1. The first kappa shape index (κ1) is 29.8. The van der Waals surface area contributed by atoms with E-state index in [-0.39, 0.29) is 0 Å². The van der Waals surface area contributed by atoms with Crippen LogP contribution in [0.3, 0.4) is 0 Å². The molecular formula is C26H36N4O7. The number of nitrogens with zero attached hydrogens (tertiary/aromatic N) is 4. The third-order valence-electron chi connectivity index (χ3n) is 6.46. The van der Waals surface area contributed by atoms with Gasteiger partial charge in [0.1, 0.15) is 0 Å². The van der Waals surface area contributed by atoms with Gasteiger partial charge >= 0.3 is 17.9 Å². The number of carboxylic acid groups (broad SMARTS) is 3. The van der Waals surface area contributed by atoms with Crippen LogP contribution in [0.2, 0.25) is 0 Å². The first-order chi connectivity index (χ1) is 17.5. The minimum atomic E-state index is -2.74. The van der Waals surface area contributed by atoms with Crippen LogP contribution in [-0.2, 0) is 14.4 Å². The van der Waals surface area contributed by atoms with E-state index in [0.717, 1.165) is 0 Å². The number of hydrogen-bond acceptors (Lipinski definition) is 8. The molecule has 4 rings (SSSR count). The highest BCUT2D eigenvalue weighted by atomic mass is 16.4. The number of rotatable bonds is 7. The Morgan fingerprint density at radius 3 is 1.49 bits per heavy atom. The Morgan fingerprint density at radius 2 is 1.24 bits per heavy atom. The average Bonchev–Trinajstić information content (AvgIpc) is 3.48. The number of hydrogen-bond donors (Lipinski definition) is 4. The molecule has 4 heterocycles. The topological polar surface area (TPSA) is 164 Å². The fraction of sp³-hybridized carbons (Fsp3) is 0.500. The third-order valence-corrected chi connectivity index (χ3v) is 6.46. The number of aromatic nitrogens is 2. The van der Waals surface area contributed by atoms with Gasteiger partial charge in [0.25, 0.3) is 0 Å². The fourth-order valence-electron chi connectivity index (χ4n) is 4.52. The second-order valence-corrected chi connectivity index (χ2v) is 9.33. The van der Waals surface area contributed by atoms with Crippen LogP contribution in [0.15, 0.2) is 49.1 Å². The molecule has 2 aromatic rings. The molecule has 2 atom stereocenters. The van der Waals surface area contributed by atoms with Gasteiger partial charge in [-0.3, -0.25) is 29.4 Å². The molecule has 0 amide bonds. The normalized spacial score (nSPS) is 19.8. The zero-order chi connectivity index (χ0) is 27.4. The van der Waals surface area contributed by atoms with E-state index < -0.39 is 36.4 Å². The maximum absolute atomic E-state index is 10.3. The van der Waals surface area contributed by atoms with Crippen LogP contribution < -0.4 is 0 Å². The molecule has 0 bridgehead atoms. The molecule has 0 radical (unpaired) electrons. The van der Waals surface area contributed by atoms with E-state index in [4.69, 9.17) is 20.4 Å². The van der Waals surface area contributed by atoms with Crippen molar-refractivity contribution in [2.45, 2.75) is 56.2 Å². The summed E-state index contributed by atoms with van der Waals surface area (Å²) in [6.07, 6.45) is 10.5. The summed E-state index contributed by atoms with van der Waals surface area (Å²) >= 11 is 0. The van der Waals surface area contributed by atoms with Crippen molar-refractivity contribution in [3.8, 4) is 0 Å². The molecule has 0 aromatic carbocycles. The maximum atomic E-state index is 10.3. The Morgan fingerprint density at radius 1 is 0.838 bits per heavy atom. The summed E-state index contributed by atoms with van der Waals surface area (Å²) in [6, 6.07) is 9.58. The van der Waals surface area contributed by atoms with Crippen molar-refractivity contribution in [2.75, 3.05) is 27.2 Å². The molecule has 2 fully saturated rings. The van der Waals surface area contributed by atoms with Crippen LogP contribution in [0.5, 0.6) is 0 Å². The lowest BCUT2D eigenvalue weighted by atomic mass is 9.96. The van der Waals surface area contributed by atoms with Gasteiger partial charge in [-0.1, -0.05) is 12.1 Å². The Kier molecular flexibility index (Phi) is 11.6. The SMILES string of the molecule is CN1CCCC1c1cccnc1.CN1CCCC1c1cccnc1.O=C(O)CC(O)(CC(=O)O)C(=O)O. The van der Waals surface area contributed by atoms with E-state index in [1.54, 1.807) is 0 Å². The molecule has 11 nitrogen and oxygen atoms in total. The van der Waals surface area contributed by atoms with Crippen LogP contribution in [0, 0.1) is 0 Å². The number of carboxylic acids is 3. The molecule has 202 valence electrons. The molecule has 2 aromatic heterocycles. The van der Waals surface area contributed by atoms with Crippen LogP contribution in [-0.4, -0.2) is 90.9 Å². The van der Waals surface area contributed by atoms with Gasteiger partial charge in [-0.15, -0.1) is 0 Å². The summed E-state index contributed by atoms with van der Waals surface area (Å²) in [5.74, 6) is -5.02. The van der Waals surface area contributed by atoms with Crippen molar-refractivity contribution < 1.29 is 34.8 Å². The van der Waals surface area contributed by atoms with Gasteiger partial charge < -0.3 is 20.4 Å². The molecule has 2 unspecified atom stereocenters. The van der Waals surface area contributed by atoms with E-state index >= 15 is 0 Å². The van der Waals surface area contributed by atoms with E-state index in [2.05, 4.69) is 46.0 Å². The fourth-order valence-corrected chi connectivity index (χ4v) is 4.52. The van der Waals surface area contributed by atoms with Crippen LogP contribution in [0.25, 0.3) is 0 Å². The summed E-state index contributed by atoms with van der Waals surface area (Å²) in [4.78, 5) is 43.6. The van der Waals surface area contributed by atoms with Crippen LogP contribution in [0.1, 0.15) is 61.7 Å². The summed E-state index contributed by atoms with van der Waals surface area (Å²) in [7, 11) is 4.37. The Bertz CT molecular complexity index is 935. The molecule has 37 heavy (non-hydrogen) atoms. The predicted octanol–water partition coefficient (Wildman–Crippen LogP) is 2.45. The highest BCUT2D eigenvalue weighted by Gasteiger charge is 2.40. The predicted molar refractivity (Wildman–Crippen MR) is 135 cm³/mol. The molecule has 0 aliphatic carbocycles. The van der Waals surface area contributed by atoms with Crippen molar-refractivity contribution in [1.29, 1.82) is 0 Å². The highest BCUT2D eigenvalue weighted by molar-refractivity contribution is 5.88. The summed E-state index contributed by atoms with van der Waals surface area (Å²) in [6.45, 7) is 2.44. The van der Waals surface area contributed by atoms with Gasteiger partial charge in [0.2, 0.25) is 0 Å². The van der Waals surface area contributed by atoms with Crippen molar-refractivity contribution in [3.63, 3.8) is 0 Å². The second-order valence-electron chi connectivity index (χ2n) is 9.33. The number of aliphatic hydroxyl groups is 1. The van der Waals surface area contributed by atoms with Crippen LogP contribution in [0.4, 0.5) is 0 Å². The molecule has 2 aliphatic heterocycles. The van der Waals surface area contributed by atoms with E-state index in [1.165, 1.54) is 49.9 Å². The van der Waals surface area contributed by atoms with E-state index in [1.807, 2.05) is 36.9 Å². The molecule has 4 N–H and O–H groups in total. The largest absolute Gasteiger partial charge is 0.481 e. The van der Waals surface area contributed by atoms with Gasteiger partial charge in [-0.2, -0.15) is 0 Å². The van der Waals surface area contributed by atoms with Gasteiger partial charge in [0, 0.05) is 36.9 Å². The molecule has 2 saturated heterocycles. The number of aliphatic carboxylic acids is 3. The molecule has 0 saturated carbocycles. The Labute approximate surface area is 216 Å². The smallest absolute Gasteiger partial charge is 0.336 e. The van der Waals surface area contributed by atoms with Crippen molar-refractivity contribution in [1.82, 2.24) is 19.8 Å². The van der Waals surface area contributed by atoms with Gasteiger partial charge in [0.05, 0.1) is 12.8 Å². The average molecular weight is 517 g/mol. The van der Waals surface area contributed by atoms with Crippen molar-refractivity contribution in [3.05, 3.63) is 60.2 Å². The van der Waals surface area contributed by atoms with Gasteiger partial charge in [0.15, 0.2) is 5.60 Å². The Hall–Kier alpha value is -3.41. The zero-order valence-electron chi connectivity index (χ0n) is 21.2. The lowest BCUT2D eigenvalue weighted by Gasteiger charge is -2.18. The standard InChI is InChI=1S/2C10H14N2.C6H8O7/c2*1-12-7-3-5-10(12)9-4-2-6-11-8-9;7-3(8)1-6(13,5(11)12)2-4(9)10/h2*2,4,6,8,10H,3,5,7H2,1H3;13H,1-2H2,(H,7,8)(H,9,10)(H,11,12). The molecular weight excluding hydrogens is 480 g/mol. The van der Waals surface area contributed by atoms with E-state index in [0.29, 0.717) is 12.1 Å². The first-order valence-electron chi connectivity index (χ1n) is 12.1. The minimum Gasteiger partial charge on any atom is -0.481 e. The van der Waals surface area contributed by atoms with Crippen LogP contribution >= 0.6 is 0 Å². The third kappa shape index (κ3) is 9.52. The summed E-state index contributed by atoms with van der Waals surface area (Å²) in [5, 5.41) is 33.8. The molecule has 11 heteroatoms. The second kappa shape index (κ2) is 14.4. The number of carbonyl (C=O) groups is 3. The zero-order valence-corrected chi connectivity index (χ0v) is 21.2. The molecule has 2 aliphatic rings. The number of pyridine rings is 2. The van der Waals surface area contributed by atoms with E-state index in [9.17, 15) is 14.4 Å². The molecule has 0 spiro atoms. The quantitative estimate of drug-likeness (QED) is 0.427. The summed E-state index contributed by atoms with van der Waals surface area (Å²) in [5.41, 5.74) is -0.0208. The van der Waals surface area contributed by atoms with Crippen molar-refractivity contribution >= 4 is 17.9 Å². The monoisotopic (exact) mass is 516 g/mol. The van der Waals surface area contributed by atoms with Gasteiger partial charge in [-0.25, -0.2) is 4.79 Å². The lowest BCUT2D eigenvalue weighted by molar-refractivity contribution is -0.170. The maximum Gasteiger partial charge on any atom is 0.336 e.